The monoisotopic (exact) mass is 283 g/mol. The predicted molar refractivity (Wildman–Crippen MR) is 73.2 cm³/mol. The lowest BCUT2D eigenvalue weighted by Gasteiger charge is -2.06. The molecule has 18 heavy (non-hydrogen) atoms. The molecule has 0 amide bonds. The number of anilines is 2. The molecule has 0 unspecified atom stereocenters. The van der Waals surface area contributed by atoms with Gasteiger partial charge in [-0.1, -0.05) is 23.7 Å². The molecule has 5 nitrogen and oxygen atoms in total. The Morgan fingerprint density at radius 3 is 2.61 bits per heavy atom. The van der Waals surface area contributed by atoms with E-state index in [1.54, 1.807) is 7.05 Å². The van der Waals surface area contributed by atoms with Crippen LogP contribution in [0.5, 0.6) is 0 Å². The van der Waals surface area contributed by atoms with Crippen LogP contribution in [0.25, 0.3) is 0 Å². The fourth-order valence-corrected chi connectivity index (χ4v) is 1.74. The summed E-state index contributed by atoms with van der Waals surface area (Å²) in [5, 5.41) is 6.70. The van der Waals surface area contributed by atoms with Gasteiger partial charge in [-0.15, -0.1) is 0 Å². The van der Waals surface area contributed by atoms with Crippen LogP contribution in [0.4, 0.5) is 11.9 Å². The van der Waals surface area contributed by atoms with E-state index in [-0.39, 0.29) is 5.28 Å². The third kappa shape index (κ3) is 3.45. The molecule has 0 bridgehead atoms. The van der Waals surface area contributed by atoms with Crippen molar-refractivity contribution in [2.75, 3.05) is 17.7 Å². The minimum absolute atomic E-state index is 0.142. The number of hydrogen-bond donors (Lipinski definition) is 2. The van der Waals surface area contributed by atoms with E-state index in [1.807, 2.05) is 24.3 Å². The molecule has 2 rings (SSSR count). The van der Waals surface area contributed by atoms with Crippen LogP contribution in [-0.2, 0) is 6.54 Å². The van der Waals surface area contributed by atoms with E-state index in [4.69, 9.17) is 23.2 Å². The Balaban J connectivity index is 2.08. The second kappa shape index (κ2) is 5.84. The molecule has 94 valence electrons. The Hall–Kier alpha value is -1.59. The lowest BCUT2D eigenvalue weighted by atomic mass is 10.2. The van der Waals surface area contributed by atoms with Crippen LogP contribution in [0.15, 0.2) is 24.3 Å². The van der Waals surface area contributed by atoms with E-state index in [1.165, 1.54) is 0 Å². The zero-order valence-corrected chi connectivity index (χ0v) is 11.1. The first kappa shape index (κ1) is 12.9. The van der Waals surface area contributed by atoms with Crippen LogP contribution < -0.4 is 10.6 Å². The van der Waals surface area contributed by atoms with Crippen LogP contribution >= 0.6 is 23.2 Å². The largest absolute Gasteiger partial charge is 0.357 e. The minimum atomic E-state index is 0.142. The van der Waals surface area contributed by atoms with E-state index in [2.05, 4.69) is 25.6 Å². The second-order valence-corrected chi connectivity index (χ2v) is 4.26. The molecule has 1 aromatic heterocycles. The maximum atomic E-state index is 5.90. The number of halogens is 2. The summed E-state index contributed by atoms with van der Waals surface area (Å²) in [5.41, 5.74) is 1.03. The topological polar surface area (TPSA) is 62.7 Å². The maximum Gasteiger partial charge on any atom is 0.229 e. The van der Waals surface area contributed by atoms with Gasteiger partial charge in [0.2, 0.25) is 17.2 Å². The molecule has 0 fully saturated rings. The highest BCUT2D eigenvalue weighted by Crippen LogP contribution is 2.13. The van der Waals surface area contributed by atoms with Crippen molar-refractivity contribution in [2.24, 2.45) is 0 Å². The zero-order valence-electron chi connectivity index (χ0n) is 9.61. The summed E-state index contributed by atoms with van der Waals surface area (Å²) in [6.07, 6.45) is 0. The fourth-order valence-electron chi connectivity index (χ4n) is 1.37. The van der Waals surface area contributed by atoms with Crippen molar-refractivity contribution in [2.45, 2.75) is 6.54 Å². The Bertz CT molecular complexity index is 547. The van der Waals surface area contributed by atoms with Crippen LogP contribution in [0, 0.1) is 0 Å². The number of nitrogens with zero attached hydrogens (tertiary/aromatic N) is 3. The molecule has 0 aliphatic carbocycles. The minimum Gasteiger partial charge on any atom is -0.357 e. The van der Waals surface area contributed by atoms with Crippen molar-refractivity contribution < 1.29 is 0 Å². The lowest BCUT2D eigenvalue weighted by Crippen LogP contribution is -2.07. The summed E-state index contributed by atoms with van der Waals surface area (Å²) in [6.45, 7) is 0.560. The van der Waals surface area contributed by atoms with Gasteiger partial charge >= 0.3 is 0 Å². The molecule has 0 aliphatic heterocycles. The Kier molecular flexibility index (Phi) is 4.17. The average molecular weight is 284 g/mol. The van der Waals surface area contributed by atoms with E-state index < -0.39 is 0 Å². The van der Waals surface area contributed by atoms with Crippen LogP contribution in [0.2, 0.25) is 10.3 Å². The standard InChI is InChI=1S/C11H11Cl2N5/c1-14-10-16-9(13)17-11(18-10)15-6-7-3-2-4-8(12)5-7/h2-5H,6H2,1H3,(H2,14,15,16,17,18). The zero-order chi connectivity index (χ0) is 13.0. The first-order chi connectivity index (χ1) is 8.67. The fraction of sp³-hybridized carbons (Fsp3) is 0.182. The van der Waals surface area contributed by atoms with Crippen LogP contribution in [0.1, 0.15) is 5.56 Å². The molecule has 0 saturated carbocycles. The van der Waals surface area contributed by atoms with Gasteiger partial charge in [0, 0.05) is 18.6 Å². The molecule has 1 heterocycles. The average Bonchev–Trinajstić information content (AvgIpc) is 2.36. The van der Waals surface area contributed by atoms with Gasteiger partial charge in [0.15, 0.2) is 0 Å². The van der Waals surface area contributed by atoms with E-state index in [9.17, 15) is 0 Å². The van der Waals surface area contributed by atoms with Gasteiger partial charge in [0.05, 0.1) is 0 Å². The van der Waals surface area contributed by atoms with Gasteiger partial charge in [0.25, 0.3) is 0 Å². The summed E-state index contributed by atoms with van der Waals surface area (Å²) in [5.74, 6) is 0.836. The van der Waals surface area contributed by atoms with E-state index in [0.717, 1.165) is 5.56 Å². The van der Waals surface area contributed by atoms with Crippen molar-refractivity contribution >= 4 is 35.1 Å². The summed E-state index contributed by atoms with van der Waals surface area (Å²) in [4.78, 5) is 12.0. The van der Waals surface area contributed by atoms with Gasteiger partial charge in [-0.05, 0) is 29.3 Å². The molecular formula is C11H11Cl2N5. The molecule has 0 saturated heterocycles. The number of hydrogen-bond acceptors (Lipinski definition) is 5. The summed E-state index contributed by atoms with van der Waals surface area (Å²) >= 11 is 11.7. The van der Waals surface area contributed by atoms with Crippen LogP contribution in [-0.4, -0.2) is 22.0 Å². The van der Waals surface area contributed by atoms with E-state index in [0.29, 0.717) is 23.5 Å². The Morgan fingerprint density at radius 1 is 1.11 bits per heavy atom. The molecule has 1 aromatic carbocycles. The summed E-state index contributed by atoms with van der Waals surface area (Å²) < 4.78 is 0. The normalized spacial score (nSPS) is 10.2. The van der Waals surface area contributed by atoms with Gasteiger partial charge in [-0.2, -0.15) is 15.0 Å². The quantitative estimate of drug-likeness (QED) is 0.904. The molecule has 7 heteroatoms. The maximum absolute atomic E-state index is 5.90. The summed E-state index contributed by atoms with van der Waals surface area (Å²) in [7, 11) is 1.71. The molecule has 0 aliphatic rings. The Morgan fingerprint density at radius 2 is 1.89 bits per heavy atom. The first-order valence-corrected chi connectivity index (χ1v) is 6.00. The van der Waals surface area contributed by atoms with Gasteiger partial charge < -0.3 is 10.6 Å². The van der Waals surface area contributed by atoms with Gasteiger partial charge in [-0.25, -0.2) is 0 Å². The molecule has 2 aromatic rings. The highest BCUT2D eigenvalue weighted by Gasteiger charge is 2.03. The third-order valence-corrected chi connectivity index (χ3v) is 2.58. The van der Waals surface area contributed by atoms with Gasteiger partial charge in [0.1, 0.15) is 0 Å². The second-order valence-electron chi connectivity index (χ2n) is 3.49. The molecule has 0 radical (unpaired) electrons. The molecule has 0 spiro atoms. The van der Waals surface area contributed by atoms with Crippen LogP contribution in [0.3, 0.4) is 0 Å². The van der Waals surface area contributed by atoms with E-state index >= 15 is 0 Å². The Labute approximate surface area is 115 Å². The van der Waals surface area contributed by atoms with Crippen molar-refractivity contribution in [3.63, 3.8) is 0 Å². The first-order valence-electron chi connectivity index (χ1n) is 5.25. The summed E-state index contributed by atoms with van der Waals surface area (Å²) in [6, 6.07) is 7.54. The smallest absolute Gasteiger partial charge is 0.229 e. The van der Waals surface area contributed by atoms with Crippen molar-refractivity contribution in [1.82, 2.24) is 15.0 Å². The number of nitrogens with one attached hydrogen (secondary N) is 2. The molecule has 0 atom stereocenters. The lowest BCUT2D eigenvalue weighted by molar-refractivity contribution is 1.00. The van der Waals surface area contributed by atoms with Gasteiger partial charge in [-0.3, -0.25) is 0 Å². The molecule has 2 N–H and O–H groups in total. The predicted octanol–water partition coefficient (Wildman–Crippen LogP) is 2.83. The van der Waals surface area contributed by atoms with Crippen molar-refractivity contribution in [3.8, 4) is 0 Å². The number of rotatable bonds is 4. The third-order valence-electron chi connectivity index (χ3n) is 2.17. The van der Waals surface area contributed by atoms with Crippen molar-refractivity contribution in [1.29, 1.82) is 0 Å². The SMILES string of the molecule is CNc1nc(Cl)nc(NCc2cccc(Cl)c2)n1. The van der Waals surface area contributed by atoms with Crippen molar-refractivity contribution in [3.05, 3.63) is 40.1 Å². The highest BCUT2D eigenvalue weighted by atomic mass is 35.5. The number of benzene rings is 1. The number of aromatic nitrogens is 3. The highest BCUT2D eigenvalue weighted by molar-refractivity contribution is 6.30. The molecular weight excluding hydrogens is 273 g/mol.